The van der Waals surface area contributed by atoms with Crippen molar-refractivity contribution in [3.8, 4) is 5.75 Å². The second kappa shape index (κ2) is 6.82. The zero-order valence-electron chi connectivity index (χ0n) is 13.1. The normalized spacial score (nSPS) is 15.7. The Hall–Kier alpha value is -2.03. The standard InChI is InChI=1S/C19H23NO2/c1-20(17-9-3-2-4-10-17)19(21)14-22-18-12-11-15-7-5-6-8-16(15)13-18/h5-8,11-13,17H,2-4,9-10,14H2,1H3. The SMILES string of the molecule is CN(C(=O)COc1ccc2ccccc2c1)C1CCCCC1. The smallest absolute Gasteiger partial charge is 0.260 e. The first kappa shape index (κ1) is 14.9. The van der Waals surface area contributed by atoms with Crippen LogP contribution in [0.2, 0.25) is 0 Å². The summed E-state index contributed by atoms with van der Waals surface area (Å²) in [5, 5.41) is 2.31. The first-order chi connectivity index (χ1) is 10.7. The molecule has 0 aliphatic heterocycles. The highest BCUT2D eigenvalue weighted by atomic mass is 16.5. The number of rotatable bonds is 4. The molecule has 0 bridgehead atoms. The lowest BCUT2D eigenvalue weighted by molar-refractivity contribution is -0.134. The predicted molar refractivity (Wildman–Crippen MR) is 89.1 cm³/mol. The monoisotopic (exact) mass is 297 g/mol. The van der Waals surface area contributed by atoms with Gasteiger partial charge in [0.15, 0.2) is 6.61 Å². The summed E-state index contributed by atoms with van der Waals surface area (Å²) >= 11 is 0. The molecule has 0 saturated heterocycles. The van der Waals surface area contributed by atoms with E-state index in [4.69, 9.17) is 4.74 Å². The Morgan fingerprint density at radius 1 is 1.09 bits per heavy atom. The van der Waals surface area contributed by atoms with Crippen LogP contribution in [0.25, 0.3) is 10.8 Å². The molecule has 1 amide bonds. The van der Waals surface area contributed by atoms with Gasteiger partial charge in [0.05, 0.1) is 0 Å². The van der Waals surface area contributed by atoms with Crippen LogP contribution < -0.4 is 4.74 Å². The van der Waals surface area contributed by atoms with Crippen LogP contribution in [-0.4, -0.2) is 30.5 Å². The zero-order valence-corrected chi connectivity index (χ0v) is 13.1. The van der Waals surface area contributed by atoms with Gasteiger partial charge in [-0.05, 0) is 35.7 Å². The number of ether oxygens (including phenoxy) is 1. The van der Waals surface area contributed by atoms with E-state index in [2.05, 4.69) is 12.1 Å². The van der Waals surface area contributed by atoms with Crippen LogP contribution in [0.1, 0.15) is 32.1 Å². The maximum absolute atomic E-state index is 12.3. The first-order valence-electron chi connectivity index (χ1n) is 8.11. The van der Waals surface area contributed by atoms with Crippen LogP contribution in [0.15, 0.2) is 42.5 Å². The van der Waals surface area contributed by atoms with Crippen molar-refractivity contribution in [3.05, 3.63) is 42.5 Å². The molecule has 2 aromatic rings. The fourth-order valence-electron chi connectivity index (χ4n) is 3.18. The molecule has 3 nitrogen and oxygen atoms in total. The molecule has 1 fully saturated rings. The van der Waals surface area contributed by atoms with Crippen molar-refractivity contribution in [2.45, 2.75) is 38.1 Å². The average Bonchev–Trinajstić information content (AvgIpc) is 2.59. The third-order valence-corrected chi connectivity index (χ3v) is 4.60. The van der Waals surface area contributed by atoms with Gasteiger partial charge >= 0.3 is 0 Å². The molecule has 2 aromatic carbocycles. The molecule has 0 atom stereocenters. The topological polar surface area (TPSA) is 29.5 Å². The number of carbonyl (C=O) groups is 1. The highest BCUT2D eigenvalue weighted by Gasteiger charge is 2.22. The van der Waals surface area contributed by atoms with Gasteiger partial charge in [-0.2, -0.15) is 0 Å². The highest BCUT2D eigenvalue weighted by Crippen LogP contribution is 2.23. The summed E-state index contributed by atoms with van der Waals surface area (Å²) < 4.78 is 5.70. The van der Waals surface area contributed by atoms with Gasteiger partial charge in [-0.1, -0.05) is 49.6 Å². The summed E-state index contributed by atoms with van der Waals surface area (Å²) in [4.78, 5) is 14.2. The van der Waals surface area contributed by atoms with E-state index in [0.717, 1.165) is 24.0 Å². The van der Waals surface area contributed by atoms with E-state index < -0.39 is 0 Å². The Kier molecular flexibility index (Phi) is 4.62. The number of hydrogen-bond donors (Lipinski definition) is 0. The second-order valence-electron chi connectivity index (χ2n) is 6.09. The van der Waals surface area contributed by atoms with E-state index >= 15 is 0 Å². The van der Waals surface area contributed by atoms with Crippen molar-refractivity contribution in [1.29, 1.82) is 0 Å². The maximum Gasteiger partial charge on any atom is 0.260 e. The number of fused-ring (bicyclic) bond motifs is 1. The van der Waals surface area contributed by atoms with Crippen LogP contribution in [-0.2, 0) is 4.79 Å². The molecule has 3 heteroatoms. The van der Waals surface area contributed by atoms with E-state index in [1.54, 1.807) is 0 Å². The summed E-state index contributed by atoms with van der Waals surface area (Å²) in [6.07, 6.45) is 6.00. The lowest BCUT2D eigenvalue weighted by atomic mass is 9.94. The summed E-state index contributed by atoms with van der Waals surface area (Å²) in [7, 11) is 1.90. The van der Waals surface area contributed by atoms with E-state index in [0.29, 0.717) is 6.04 Å². The van der Waals surface area contributed by atoms with Crippen LogP contribution in [0.4, 0.5) is 0 Å². The highest BCUT2D eigenvalue weighted by molar-refractivity contribution is 5.84. The molecule has 0 unspecified atom stereocenters. The maximum atomic E-state index is 12.3. The van der Waals surface area contributed by atoms with E-state index in [1.807, 2.05) is 42.3 Å². The molecule has 0 radical (unpaired) electrons. The Morgan fingerprint density at radius 2 is 1.82 bits per heavy atom. The fraction of sp³-hybridized carbons (Fsp3) is 0.421. The molecule has 0 N–H and O–H groups in total. The van der Waals surface area contributed by atoms with Gasteiger partial charge in [-0.25, -0.2) is 0 Å². The minimum atomic E-state index is 0.0695. The van der Waals surface area contributed by atoms with Crippen molar-refractivity contribution in [3.63, 3.8) is 0 Å². The minimum Gasteiger partial charge on any atom is -0.484 e. The number of benzene rings is 2. The van der Waals surface area contributed by atoms with Crippen molar-refractivity contribution < 1.29 is 9.53 Å². The Balaban J connectivity index is 1.59. The van der Waals surface area contributed by atoms with Crippen LogP contribution >= 0.6 is 0 Å². The van der Waals surface area contributed by atoms with Gasteiger partial charge in [-0.15, -0.1) is 0 Å². The number of hydrogen-bond acceptors (Lipinski definition) is 2. The summed E-state index contributed by atoms with van der Waals surface area (Å²) in [6, 6.07) is 14.5. The van der Waals surface area contributed by atoms with Crippen LogP contribution in [0, 0.1) is 0 Å². The van der Waals surface area contributed by atoms with E-state index in [9.17, 15) is 4.79 Å². The Labute approximate surface area is 131 Å². The summed E-state index contributed by atoms with van der Waals surface area (Å²) in [5.41, 5.74) is 0. The molecular weight excluding hydrogens is 274 g/mol. The van der Waals surface area contributed by atoms with Gasteiger partial charge in [-0.3, -0.25) is 4.79 Å². The minimum absolute atomic E-state index is 0.0695. The number of amides is 1. The van der Waals surface area contributed by atoms with Gasteiger partial charge in [0.1, 0.15) is 5.75 Å². The van der Waals surface area contributed by atoms with E-state index in [-0.39, 0.29) is 12.5 Å². The Morgan fingerprint density at radius 3 is 2.59 bits per heavy atom. The van der Waals surface area contributed by atoms with Crippen molar-refractivity contribution >= 4 is 16.7 Å². The first-order valence-corrected chi connectivity index (χ1v) is 8.11. The Bertz CT molecular complexity index is 647. The number of nitrogens with zero attached hydrogens (tertiary/aromatic N) is 1. The van der Waals surface area contributed by atoms with Crippen LogP contribution in [0.5, 0.6) is 5.75 Å². The molecule has 0 spiro atoms. The summed E-state index contributed by atoms with van der Waals surface area (Å²) in [5.74, 6) is 0.823. The molecule has 1 aliphatic carbocycles. The third kappa shape index (κ3) is 3.41. The molecule has 116 valence electrons. The largest absolute Gasteiger partial charge is 0.484 e. The predicted octanol–water partition coefficient (Wildman–Crippen LogP) is 4.01. The molecule has 3 rings (SSSR count). The average molecular weight is 297 g/mol. The fourth-order valence-corrected chi connectivity index (χ4v) is 3.18. The lowest BCUT2D eigenvalue weighted by Gasteiger charge is -2.31. The number of carbonyl (C=O) groups excluding carboxylic acids is 1. The van der Waals surface area contributed by atoms with Gasteiger partial charge in [0, 0.05) is 13.1 Å². The quantitative estimate of drug-likeness (QED) is 0.853. The van der Waals surface area contributed by atoms with Crippen molar-refractivity contribution in [2.75, 3.05) is 13.7 Å². The van der Waals surface area contributed by atoms with Gasteiger partial charge < -0.3 is 9.64 Å². The molecule has 1 saturated carbocycles. The third-order valence-electron chi connectivity index (χ3n) is 4.60. The molecule has 0 aromatic heterocycles. The molecule has 0 heterocycles. The van der Waals surface area contributed by atoms with Crippen molar-refractivity contribution in [1.82, 2.24) is 4.90 Å². The molecule has 22 heavy (non-hydrogen) atoms. The van der Waals surface area contributed by atoms with Crippen LogP contribution in [0.3, 0.4) is 0 Å². The van der Waals surface area contributed by atoms with Gasteiger partial charge in [0.25, 0.3) is 5.91 Å². The van der Waals surface area contributed by atoms with Crippen molar-refractivity contribution in [2.24, 2.45) is 0 Å². The van der Waals surface area contributed by atoms with Gasteiger partial charge in [0.2, 0.25) is 0 Å². The zero-order chi connectivity index (χ0) is 15.4. The van der Waals surface area contributed by atoms with E-state index in [1.165, 1.54) is 24.6 Å². The molecule has 1 aliphatic rings. The number of likely N-dealkylation sites (N-methyl/N-ethyl adjacent to an activating group) is 1. The summed E-state index contributed by atoms with van der Waals surface area (Å²) in [6.45, 7) is 0.116. The molecular formula is C19H23NO2. The second-order valence-corrected chi connectivity index (χ2v) is 6.09. The lowest BCUT2D eigenvalue weighted by Crippen LogP contribution is -2.40.